The van der Waals surface area contributed by atoms with E-state index in [2.05, 4.69) is 25.8 Å². The maximum Gasteiger partial charge on any atom is 0.231 e. The predicted molar refractivity (Wildman–Crippen MR) is 105 cm³/mol. The van der Waals surface area contributed by atoms with Crippen LogP contribution < -0.4 is 14.9 Å². The molecule has 2 aromatic carbocycles. The summed E-state index contributed by atoms with van der Waals surface area (Å²) in [5.41, 5.74) is 5.30. The third-order valence-electron chi connectivity index (χ3n) is 4.15. The van der Waals surface area contributed by atoms with Crippen molar-refractivity contribution in [3.05, 3.63) is 65.2 Å². The number of nitrogens with one attached hydrogen (secondary N) is 1. The van der Waals surface area contributed by atoms with Crippen molar-refractivity contribution >= 4 is 29.3 Å². The molecule has 0 aliphatic carbocycles. The van der Waals surface area contributed by atoms with Gasteiger partial charge in [0, 0.05) is 10.6 Å². The molecule has 0 saturated heterocycles. The number of benzene rings is 2. The van der Waals surface area contributed by atoms with Crippen molar-refractivity contribution in [1.29, 1.82) is 0 Å². The number of halogens is 1. The first-order valence-electron chi connectivity index (χ1n) is 8.43. The number of hydrogen-bond donors (Lipinski definition) is 1. The van der Waals surface area contributed by atoms with E-state index in [0.717, 1.165) is 16.9 Å². The van der Waals surface area contributed by atoms with Gasteiger partial charge in [0.05, 0.1) is 6.21 Å². The predicted octanol–water partition coefficient (Wildman–Crippen LogP) is 3.62. The normalized spacial score (nSPS) is 12.8. The molecule has 1 N–H and O–H groups in total. The summed E-state index contributed by atoms with van der Waals surface area (Å²) in [6.07, 6.45) is 1.68. The maximum absolute atomic E-state index is 5.96. The summed E-state index contributed by atoms with van der Waals surface area (Å²) in [6, 6.07) is 16.6. The van der Waals surface area contributed by atoms with Gasteiger partial charge in [0.2, 0.25) is 6.79 Å². The average Bonchev–Trinajstić information content (AvgIpc) is 3.35. The Morgan fingerprint density at radius 2 is 1.86 bits per heavy atom. The van der Waals surface area contributed by atoms with Crippen LogP contribution in [0.2, 0.25) is 5.02 Å². The summed E-state index contributed by atoms with van der Waals surface area (Å²) in [5.74, 6) is 2.62. The number of hydrazone groups is 1. The highest BCUT2D eigenvalue weighted by atomic mass is 35.5. The largest absolute Gasteiger partial charge is 0.454 e. The first-order valence-corrected chi connectivity index (χ1v) is 8.81. The number of rotatable bonds is 4. The fourth-order valence-electron chi connectivity index (χ4n) is 2.79. The highest BCUT2D eigenvalue weighted by Gasteiger charge is 2.12. The number of aromatic nitrogens is 4. The second-order valence-corrected chi connectivity index (χ2v) is 6.44. The van der Waals surface area contributed by atoms with E-state index in [1.807, 2.05) is 36.4 Å². The Balaban J connectivity index is 1.39. The molecule has 1 aliphatic heterocycles. The van der Waals surface area contributed by atoms with Crippen molar-refractivity contribution in [1.82, 2.24) is 19.8 Å². The van der Waals surface area contributed by atoms with Crippen LogP contribution in [0.25, 0.3) is 17.0 Å². The summed E-state index contributed by atoms with van der Waals surface area (Å²) in [4.78, 5) is 0. The molecule has 3 heterocycles. The zero-order valence-corrected chi connectivity index (χ0v) is 15.2. The molecular formula is C19H13ClN6O2. The van der Waals surface area contributed by atoms with E-state index in [4.69, 9.17) is 21.1 Å². The molecule has 0 unspecified atom stereocenters. The van der Waals surface area contributed by atoms with E-state index in [-0.39, 0.29) is 6.79 Å². The molecule has 0 spiro atoms. The molecule has 5 rings (SSSR count). The smallest absolute Gasteiger partial charge is 0.231 e. The Labute approximate surface area is 164 Å². The number of hydrogen-bond acceptors (Lipinski definition) is 7. The van der Waals surface area contributed by atoms with Gasteiger partial charge in [0.1, 0.15) is 0 Å². The van der Waals surface area contributed by atoms with Crippen LogP contribution in [0.15, 0.2) is 59.7 Å². The monoisotopic (exact) mass is 392 g/mol. The second-order valence-electron chi connectivity index (χ2n) is 6.00. The van der Waals surface area contributed by atoms with Gasteiger partial charge in [0.25, 0.3) is 0 Å². The van der Waals surface area contributed by atoms with E-state index >= 15 is 0 Å². The van der Waals surface area contributed by atoms with Crippen LogP contribution in [-0.2, 0) is 0 Å². The summed E-state index contributed by atoms with van der Waals surface area (Å²) in [7, 11) is 0. The van der Waals surface area contributed by atoms with Gasteiger partial charge in [-0.3, -0.25) is 5.43 Å². The van der Waals surface area contributed by atoms with Gasteiger partial charge < -0.3 is 9.47 Å². The summed E-state index contributed by atoms with van der Waals surface area (Å²) in [5, 5.41) is 17.8. The molecule has 1 aliphatic rings. The minimum Gasteiger partial charge on any atom is -0.454 e. The third kappa shape index (κ3) is 3.10. The van der Waals surface area contributed by atoms with Gasteiger partial charge in [-0.25, -0.2) is 0 Å². The van der Waals surface area contributed by atoms with Crippen molar-refractivity contribution in [2.24, 2.45) is 5.10 Å². The van der Waals surface area contributed by atoms with Crippen LogP contribution in [0.3, 0.4) is 0 Å². The molecule has 4 aromatic rings. The van der Waals surface area contributed by atoms with Gasteiger partial charge in [-0.1, -0.05) is 11.6 Å². The lowest BCUT2D eigenvalue weighted by Gasteiger charge is -2.03. The molecule has 28 heavy (non-hydrogen) atoms. The molecule has 0 saturated carbocycles. The number of anilines is 1. The number of nitrogens with zero attached hydrogens (tertiary/aromatic N) is 5. The van der Waals surface area contributed by atoms with E-state index in [9.17, 15) is 0 Å². The van der Waals surface area contributed by atoms with Gasteiger partial charge in [-0.15, -0.1) is 15.3 Å². The average molecular weight is 393 g/mol. The van der Waals surface area contributed by atoms with Crippen molar-refractivity contribution in [2.45, 2.75) is 0 Å². The lowest BCUT2D eigenvalue weighted by molar-refractivity contribution is 0.174. The Hall–Kier alpha value is -3.65. The maximum atomic E-state index is 5.96. The Bertz CT molecular complexity index is 1190. The first-order chi connectivity index (χ1) is 13.8. The Morgan fingerprint density at radius 1 is 1.00 bits per heavy atom. The molecule has 0 atom stereocenters. The minimum atomic E-state index is 0.243. The summed E-state index contributed by atoms with van der Waals surface area (Å²) in [6.45, 7) is 0.243. The van der Waals surface area contributed by atoms with E-state index in [1.165, 1.54) is 0 Å². The van der Waals surface area contributed by atoms with E-state index in [0.29, 0.717) is 28.1 Å². The van der Waals surface area contributed by atoms with Gasteiger partial charge in [0.15, 0.2) is 28.8 Å². The van der Waals surface area contributed by atoms with Crippen molar-refractivity contribution in [2.75, 3.05) is 12.2 Å². The zero-order chi connectivity index (χ0) is 18.9. The van der Waals surface area contributed by atoms with Crippen molar-refractivity contribution in [3.63, 3.8) is 0 Å². The molecule has 2 aromatic heterocycles. The fraction of sp³-hybridized carbons (Fsp3) is 0.0526. The standard InChI is InChI=1S/C19H13ClN6O2/c20-14-4-2-13(3-5-14)19-24-23-18-8-7-17(25-26(18)19)22-21-10-12-1-6-15-16(9-12)28-11-27-15/h1-10H,11H2,(H,22,25)/b21-10+. The van der Waals surface area contributed by atoms with Gasteiger partial charge >= 0.3 is 0 Å². The van der Waals surface area contributed by atoms with Crippen LogP contribution in [-0.4, -0.2) is 32.8 Å². The Kier molecular flexibility index (Phi) is 4.02. The van der Waals surface area contributed by atoms with Crippen LogP contribution in [0.5, 0.6) is 11.5 Å². The summed E-state index contributed by atoms with van der Waals surface area (Å²) >= 11 is 5.96. The van der Waals surface area contributed by atoms with Crippen LogP contribution in [0, 0.1) is 0 Å². The van der Waals surface area contributed by atoms with Crippen LogP contribution >= 0.6 is 11.6 Å². The molecule has 138 valence electrons. The Morgan fingerprint density at radius 3 is 2.75 bits per heavy atom. The lowest BCUT2D eigenvalue weighted by atomic mass is 10.2. The minimum absolute atomic E-state index is 0.243. The highest BCUT2D eigenvalue weighted by Crippen LogP contribution is 2.32. The molecular weight excluding hydrogens is 380 g/mol. The second kappa shape index (κ2) is 6.82. The zero-order valence-electron chi connectivity index (χ0n) is 14.4. The van der Waals surface area contributed by atoms with Crippen LogP contribution in [0.4, 0.5) is 5.82 Å². The fourth-order valence-corrected chi connectivity index (χ4v) is 2.92. The molecule has 0 radical (unpaired) electrons. The number of fused-ring (bicyclic) bond motifs is 2. The first kappa shape index (κ1) is 16.5. The quantitative estimate of drug-likeness (QED) is 0.421. The molecule has 9 heteroatoms. The number of ether oxygens (including phenoxy) is 2. The lowest BCUT2D eigenvalue weighted by Crippen LogP contribution is -2.00. The SMILES string of the molecule is Clc1ccc(-c2nnc3ccc(N/N=C/c4ccc5c(c4)OCO5)nn23)cc1. The van der Waals surface area contributed by atoms with Crippen molar-refractivity contribution in [3.8, 4) is 22.9 Å². The topological polar surface area (TPSA) is 85.9 Å². The van der Waals surface area contributed by atoms with Gasteiger partial charge in [-0.2, -0.15) is 9.62 Å². The van der Waals surface area contributed by atoms with Gasteiger partial charge in [-0.05, 0) is 60.2 Å². The van der Waals surface area contributed by atoms with E-state index < -0.39 is 0 Å². The van der Waals surface area contributed by atoms with Crippen LogP contribution in [0.1, 0.15) is 5.56 Å². The molecule has 0 amide bonds. The highest BCUT2D eigenvalue weighted by molar-refractivity contribution is 6.30. The molecule has 0 fully saturated rings. The third-order valence-corrected chi connectivity index (χ3v) is 4.41. The van der Waals surface area contributed by atoms with E-state index in [1.54, 1.807) is 28.9 Å². The molecule has 0 bridgehead atoms. The molecule has 8 nitrogen and oxygen atoms in total. The summed E-state index contributed by atoms with van der Waals surface area (Å²) < 4.78 is 12.3. The van der Waals surface area contributed by atoms with Crippen molar-refractivity contribution < 1.29 is 9.47 Å².